The van der Waals surface area contributed by atoms with Crippen molar-refractivity contribution in [3.05, 3.63) is 58.6 Å². The summed E-state index contributed by atoms with van der Waals surface area (Å²) in [5.41, 5.74) is 2.26. The van der Waals surface area contributed by atoms with Crippen LogP contribution in [0.15, 0.2) is 56.6 Å². The second-order valence-corrected chi connectivity index (χ2v) is 6.90. The molecule has 0 saturated heterocycles. The Hall–Kier alpha value is -2.54. The fourth-order valence-electron chi connectivity index (χ4n) is 2.44. The Kier molecular flexibility index (Phi) is 3.73. The van der Waals surface area contributed by atoms with E-state index in [0.717, 1.165) is 5.56 Å². The number of anilines is 1. The Morgan fingerprint density at radius 1 is 1.17 bits per heavy atom. The van der Waals surface area contributed by atoms with Crippen LogP contribution in [0.25, 0.3) is 11.1 Å². The van der Waals surface area contributed by atoms with Crippen LogP contribution >= 0.6 is 0 Å². The number of oxazole rings is 1. The fourth-order valence-corrected chi connectivity index (χ4v) is 3.50. The van der Waals surface area contributed by atoms with E-state index in [1.165, 1.54) is 16.7 Å². The second kappa shape index (κ2) is 5.58. The van der Waals surface area contributed by atoms with Gasteiger partial charge in [0.1, 0.15) is 0 Å². The second-order valence-electron chi connectivity index (χ2n) is 5.22. The van der Waals surface area contributed by atoms with Gasteiger partial charge in [-0.15, -0.1) is 0 Å². The molecule has 6 nitrogen and oxygen atoms in total. The average Bonchev–Trinajstić information content (AvgIpc) is 2.80. The monoisotopic (exact) mass is 332 g/mol. The number of hydrogen-bond donors (Lipinski definition) is 1. The average molecular weight is 332 g/mol. The molecule has 0 fully saturated rings. The lowest BCUT2D eigenvalue weighted by Crippen LogP contribution is -2.13. The molecule has 0 amide bonds. The number of nitrogens with one attached hydrogen (secondary N) is 1. The molecule has 0 spiro atoms. The summed E-state index contributed by atoms with van der Waals surface area (Å²) >= 11 is 0. The summed E-state index contributed by atoms with van der Waals surface area (Å²) in [7, 11) is -3.75. The predicted molar refractivity (Wildman–Crippen MR) is 88.1 cm³/mol. The summed E-state index contributed by atoms with van der Waals surface area (Å²) in [4.78, 5) is 11.7. The van der Waals surface area contributed by atoms with Gasteiger partial charge in [-0.2, -0.15) is 0 Å². The Balaban J connectivity index is 2.03. The van der Waals surface area contributed by atoms with Gasteiger partial charge in [0, 0.05) is 18.3 Å². The van der Waals surface area contributed by atoms with E-state index in [2.05, 4.69) is 4.72 Å². The third-order valence-electron chi connectivity index (χ3n) is 3.54. The first kappa shape index (κ1) is 15.4. The molecule has 3 rings (SSSR count). The normalized spacial score (nSPS) is 11.7. The first-order valence-electron chi connectivity index (χ1n) is 7.13. The van der Waals surface area contributed by atoms with E-state index < -0.39 is 15.8 Å². The Morgan fingerprint density at radius 2 is 1.96 bits per heavy atom. The molecule has 0 bridgehead atoms. The van der Waals surface area contributed by atoms with Crippen molar-refractivity contribution in [1.82, 2.24) is 4.57 Å². The van der Waals surface area contributed by atoms with Gasteiger partial charge in [0.05, 0.1) is 10.4 Å². The lowest BCUT2D eigenvalue weighted by atomic mass is 10.2. The highest BCUT2D eigenvalue weighted by Crippen LogP contribution is 2.21. The van der Waals surface area contributed by atoms with E-state index in [-0.39, 0.29) is 10.5 Å². The van der Waals surface area contributed by atoms with Crippen LogP contribution in [-0.4, -0.2) is 13.0 Å². The molecule has 0 unspecified atom stereocenters. The zero-order valence-electron chi connectivity index (χ0n) is 12.7. The molecule has 0 atom stereocenters. The van der Waals surface area contributed by atoms with E-state index in [1.54, 1.807) is 24.3 Å². The van der Waals surface area contributed by atoms with Crippen molar-refractivity contribution in [3.8, 4) is 0 Å². The largest absolute Gasteiger partial charge is 0.419 e. The molecule has 1 aromatic heterocycles. The number of rotatable bonds is 4. The van der Waals surface area contributed by atoms with Crippen LogP contribution in [0.3, 0.4) is 0 Å². The number of sulfonamides is 1. The minimum Gasteiger partial charge on any atom is -0.408 e. The van der Waals surface area contributed by atoms with Gasteiger partial charge in [0.25, 0.3) is 10.0 Å². The van der Waals surface area contributed by atoms with Gasteiger partial charge in [-0.1, -0.05) is 12.1 Å². The van der Waals surface area contributed by atoms with Gasteiger partial charge < -0.3 is 4.42 Å². The summed E-state index contributed by atoms with van der Waals surface area (Å²) in [6.07, 6.45) is 0. The number of benzene rings is 2. The fraction of sp³-hybridized carbons (Fsp3) is 0.188. The molecule has 2 aromatic carbocycles. The number of hydrogen-bond acceptors (Lipinski definition) is 4. The molecule has 3 aromatic rings. The van der Waals surface area contributed by atoms with Gasteiger partial charge in [-0.3, -0.25) is 9.29 Å². The topological polar surface area (TPSA) is 81.3 Å². The maximum atomic E-state index is 12.5. The molecular weight excluding hydrogens is 316 g/mol. The molecular formula is C16H16N2O4S. The maximum Gasteiger partial charge on any atom is 0.419 e. The SMILES string of the molecule is CCn1c(=O)oc2cc(S(=O)(=O)Nc3cccc(C)c3)ccc21. The summed E-state index contributed by atoms with van der Waals surface area (Å²) in [6.45, 7) is 4.16. The Bertz CT molecular complexity index is 1030. The Labute approximate surface area is 133 Å². The highest BCUT2D eigenvalue weighted by molar-refractivity contribution is 7.92. The molecule has 1 heterocycles. The quantitative estimate of drug-likeness (QED) is 0.796. The minimum absolute atomic E-state index is 0.0449. The molecule has 0 aliphatic heterocycles. The van der Waals surface area contributed by atoms with Gasteiger partial charge in [0.2, 0.25) is 0 Å². The van der Waals surface area contributed by atoms with Crippen LogP contribution in [0.4, 0.5) is 5.69 Å². The molecule has 0 radical (unpaired) electrons. The molecule has 0 saturated carbocycles. The minimum atomic E-state index is -3.75. The summed E-state index contributed by atoms with van der Waals surface area (Å²) in [5, 5.41) is 0. The number of fused-ring (bicyclic) bond motifs is 1. The first-order valence-corrected chi connectivity index (χ1v) is 8.62. The van der Waals surface area contributed by atoms with Crippen molar-refractivity contribution < 1.29 is 12.8 Å². The van der Waals surface area contributed by atoms with Crippen LogP contribution in [0.5, 0.6) is 0 Å². The van der Waals surface area contributed by atoms with E-state index in [4.69, 9.17) is 4.42 Å². The molecule has 7 heteroatoms. The number of nitrogens with zero attached hydrogens (tertiary/aromatic N) is 1. The highest BCUT2D eigenvalue weighted by Gasteiger charge is 2.17. The number of aromatic nitrogens is 1. The molecule has 0 aliphatic carbocycles. The predicted octanol–water partition coefficient (Wildman–Crippen LogP) is 2.72. The number of aryl methyl sites for hydroxylation is 2. The van der Waals surface area contributed by atoms with Gasteiger partial charge in [-0.05, 0) is 43.7 Å². The van der Waals surface area contributed by atoms with Crippen LogP contribution in [0, 0.1) is 6.92 Å². The van der Waals surface area contributed by atoms with E-state index in [0.29, 0.717) is 17.7 Å². The standard InChI is InChI=1S/C16H16N2O4S/c1-3-18-14-8-7-13(10-15(14)22-16(18)19)23(20,21)17-12-6-4-5-11(2)9-12/h4-10,17H,3H2,1-2H3. The van der Waals surface area contributed by atoms with Crippen molar-refractivity contribution in [1.29, 1.82) is 0 Å². The lowest BCUT2D eigenvalue weighted by Gasteiger charge is -2.08. The van der Waals surface area contributed by atoms with Gasteiger partial charge in [-0.25, -0.2) is 13.2 Å². The molecule has 120 valence electrons. The zero-order chi connectivity index (χ0) is 16.6. The van der Waals surface area contributed by atoms with Crippen LogP contribution < -0.4 is 10.5 Å². The van der Waals surface area contributed by atoms with Crippen LogP contribution in [0.2, 0.25) is 0 Å². The van der Waals surface area contributed by atoms with E-state index in [1.807, 2.05) is 19.9 Å². The van der Waals surface area contributed by atoms with Crippen LogP contribution in [0.1, 0.15) is 12.5 Å². The maximum absolute atomic E-state index is 12.5. The summed E-state index contributed by atoms with van der Waals surface area (Å²) < 4.78 is 34.0. The molecule has 1 N–H and O–H groups in total. The summed E-state index contributed by atoms with van der Waals surface area (Å²) in [6, 6.07) is 11.5. The molecule has 23 heavy (non-hydrogen) atoms. The van der Waals surface area contributed by atoms with Gasteiger partial charge >= 0.3 is 5.76 Å². The molecule has 0 aliphatic rings. The van der Waals surface area contributed by atoms with Crippen LogP contribution in [-0.2, 0) is 16.6 Å². The lowest BCUT2D eigenvalue weighted by molar-refractivity contribution is 0.512. The third-order valence-corrected chi connectivity index (χ3v) is 4.92. The van der Waals surface area contributed by atoms with Crippen molar-refractivity contribution >= 4 is 26.8 Å². The first-order chi connectivity index (χ1) is 10.9. The zero-order valence-corrected chi connectivity index (χ0v) is 13.6. The smallest absolute Gasteiger partial charge is 0.408 e. The Morgan fingerprint density at radius 3 is 2.65 bits per heavy atom. The highest BCUT2D eigenvalue weighted by atomic mass is 32.2. The van der Waals surface area contributed by atoms with Crippen molar-refractivity contribution in [2.75, 3.05) is 4.72 Å². The van der Waals surface area contributed by atoms with Crippen molar-refractivity contribution in [3.63, 3.8) is 0 Å². The van der Waals surface area contributed by atoms with Crippen molar-refractivity contribution in [2.24, 2.45) is 0 Å². The van der Waals surface area contributed by atoms with Gasteiger partial charge in [0.15, 0.2) is 5.58 Å². The van der Waals surface area contributed by atoms with Crippen molar-refractivity contribution in [2.45, 2.75) is 25.3 Å². The summed E-state index contributed by atoms with van der Waals surface area (Å²) in [5.74, 6) is -0.497. The third kappa shape index (κ3) is 2.87. The van der Waals surface area contributed by atoms with E-state index in [9.17, 15) is 13.2 Å². The van der Waals surface area contributed by atoms with E-state index >= 15 is 0 Å².